The van der Waals surface area contributed by atoms with E-state index in [1.54, 1.807) is 0 Å². The first kappa shape index (κ1) is 21.4. The van der Waals surface area contributed by atoms with E-state index in [0.717, 1.165) is 19.4 Å². The highest BCUT2D eigenvalue weighted by molar-refractivity contribution is 5.94. The molecule has 0 unspecified atom stereocenters. The third-order valence-electron chi connectivity index (χ3n) is 4.50. The van der Waals surface area contributed by atoms with Gasteiger partial charge in [0, 0.05) is 12.0 Å². The standard InChI is InChI=1S/C20H39NO/c1-6-8-10-12-16-20(3,17-13-11-9-7-2)19(22)15-14-18-21(4)5/h14-15H,6-13,16-18H2,1-5H3/b15-14+. The Morgan fingerprint density at radius 3 is 1.82 bits per heavy atom. The molecule has 2 heteroatoms. The Bertz CT molecular complexity index is 295. The topological polar surface area (TPSA) is 20.3 Å². The van der Waals surface area contributed by atoms with E-state index in [2.05, 4.69) is 25.7 Å². The van der Waals surface area contributed by atoms with Crippen LogP contribution in [0, 0.1) is 5.41 Å². The van der Waals surface area contributed by atoms with Gasteiger partial charge in [0.05, 0.1) is 0 Å². The van der Waals surface area contributed by atoms with Gasteiger partial charge in [-0.05, 0) is 33.0 Å². The van der Waals surface area contributed by atoms with Crippen LogP contribution in [0.25, 0.3) is 0 Å². The Balaban J connectivity index is 4.52. The van der Waals surface area contributed by atoms with Crippen LogP contribution < -0.4 is 0 Å². The van der Waals surface area contributed by atoms with Crippen LogP contribution in [0.15, 0.2) is 12.2 Å². The monoisotopic (exact) mass is 309 g/mol. The molecule has 0 saturated carbocycles. The number of carbonyl (C=O) groups is 1. The summed E-state index contributed by atoms with van der Waals surface area (Å²) in [5, 5.41) is 0. The lowest BCUT2D eigenvalue weighted by atomic mass is 9.76. The molecule has 0 aromatic carbocycles. The van der Waals surface area contributed by atoms with Crippen molar-refractivity contribution >= 4 is 5.78 Å². The summed E-state index contributed by atoms with van der Waals surface area (Å²) >= 11 is 0. The highest BCUT2D eigenvalue weighted by Crippen LogP contribution is 2.33. The van der Waals surface area contributed by atoms with Crippen molar-refractivity contribution < 1.29 is 4.79 Å². The molecule has 0 heterocycles. The van der Waals surface area contributed by atoms with Gasteiger partial charge in [0.2, 0.25) is 0 Å². The number of rotatable bonds is 14. The van der Waals surface area contributed by atoms with Crippen molar-refractivity contribution in [3.8, 4) is 0 Å². The van der Waals surface area contributed by atoms with Crippen LogP contribution in [0.3, 0.4) is 0 Å². The number of allylic oxidation sites excluding steroid dienone is 1. The van der Waals surface area contributed by atoms with E-state index in [0.29, 0.717) is 5.78 Å². The summed E-state index contributed by atoms with van der Waals surface area (Å²) < 4.78 is 0. The predicted molar refractivity (Wildman–Crippen MR) is 98.3 cm³/mol. The Morgan fingerprint density at radius 1 is 0.909 bits per heavy atom. The number of hydrogen-bond donors (Lipinski definition) is 0. The number of ketones is 1. The molecule has 0 aliphatic rings. The average molecular weight is 310 g/mol. The summed E-state index contributed by atoms with van der Waals surface area (Å²) in [7, 11) is 4.06. The van der Waals surface area contributed by atoms with Crippen molar-refractivity contribution in [2.45, 2.75) is 85.0 Å². The number of hydrogen-bond acceptors (Lipinski definition) is 2. The molecule has 0 N–H and O–H groups in total. The van der Waals surface area contributed by atoms with Crippen molar-refractivity contribution in [1.82, 2.24) is 4.90 Å². The summed E-state index contributed by atoms with van der Waals surface area (Å²) in [5.41, 5.74) is -0.149. The molecule has 0 fully saturated rings. The van der Waals surface area contributed by atoms with Gasteiger partial charge in [0.25, 0.3) is 0 Å². The molecule has 0 aliphatic carbocycles. The van der Waals surface area contributed by atoms with Crippen molar-refractivity contribution in [3.05, 3.63) is 12.2 Å². The second-order valence-corrected chi connectivity index (χ2v) is 7.21. The summed E-state index contributed by atoms with van der Waals surface area (Å²) in [5.74, 6) is 0.336. The quantitative estimate of drug-likeness (QED) is 0.306. The van der Waals surface area contributed by atoms with Gasteiger partial charge in [0.1, 0.15) is 0 Å². The first-order valence-electron chi connectivity index (χ1n) is 9.32. The van der Waals surface area contributed by atoms with Gasteiger partial charge >= 0.3 is 0 Å². The molecule has 0 saturated heterocycles. The Kier molecular flexibility index (Phi) is 12.5. The smallest absolute Gasteiger partial charge is 0.161 e. The van der Waals surface area contributed by atoms with E-state index in [1.807, 2.05) is 26.2 Å². The zero-order chi connectivity index (χ0) is 16.8. The maximum absolute atomic E-state index is 12.7. The fraction of sp³-hybridized carbons (Fsp3) is 0.850. The van der Waals surface area contributed by atoms with Crippen LogP contribution in [-0.2, 0) is 4.79 Å². The van der Waals surface area contributed by atoms with Crippen LogP contribution in [0.2, 0.25) is 0 Å². The first-order chi connectivity index (χ1) is 10.5. The third-order valence-corrected chi connectivity index (χ3v) is 4.50. The second kappa shape index (κ2) is 12.9. The molecule has 22 heavy (non-hydrogen) atoms. The number of unbranched alkanes of at least 4 members (excludes halogenated alkanes) is 6. The lowest BCUT2D eigenvalue weighted by Gasteiger charge is -2.27. The molecule has 0 aromatic heterocycles. The summed E-state index contributed by atoms with van der Waals surface area (Å²) in [6.07, 6.45) is 15.9. The van der Waals surface area contributed by atoms with Crippen LogP contribution in [0.5, 0.6) is 0 Å². The maximum atomic E-state index is 12.7. The van der Waals surface area contributed by atoms with Gasteiger partial charge in [-0.3, -0.25) is 4.79 Å². The summed E-state index contributed by atoms with van der Waals surface area (Å²) in [6, 6.07) is 0. The zero-order valence-corrected chi connectivity index (χ0v) is 15.8. The fourth-order valence-corrected chi connectivity index (χ4v) is 2.83. The Labute approximate surface area is 139 Å². The predicted octanol–water partition coefficient (Wildman–Crippen LogP) is 5.62. The van der Waals surface area contributed by atoms with E-state index in [4.69, 9.17) is 0 Å². The minimum absolute atomic E-state index is 0.149. The molecule has 2 nitrogen and oxygen atoms in total. The number of nitrogens with zero attached hydrogens (tertiary/aromatic N) is 1. The van der Waals surface area contributed by atoms with Gasteiger partial charge < -0.3 is 4.90 Å². The van der Waals surface area contributed by atoms with E-state index in [9.17, 15) is 4.79 Å². The molecule has 0 bridgehead atoms. The molecule has 0 rings (SSSR count). The molecule has 0 spiro atoms. The zero-order valence-electron chi connectivity index (χ0n) is 15.8. The van der Waals surface area contributed by atoms with Crippen LogP contribution in [0.1, 0.15) is 85.0 Å². The van der Waals surface area contributed by atoms with Crippen molar-refractivity contribution in [3.63, 3.8) is 0 Å². The third kappa shape index (κ3) is 10.2. The fourth-order valence-electron chi connectivity index (χ4n) is 2.83. The minimum atomic E-state index is -0.149. The second-order valence-electron chi connectivity index (χ2n) is 7.21. The summed E-state index contributed by atoms with van der Waals surface area (Å²) in [4.78, 5) is 14.8. The van der Waals surface area contributed by atoms with Crippen molar-refractivity contribution in [1.29, 1.82) is 0 Å². The Hall–Kier alpha value is -0.630. The van der Waals surface area contributed by atoms with E-state index in [1.165, 1.54) is 51.4 Å². The van der Waals surface area contributed by atoms with E-state index >= 15 is 0 Å². The van der Waals surface area contributed by atoms with Gasteiger partial charge in [0.15, 0.2) is 5.78 Å². The number of likely N-dealkylation sites (N-methyl/N-ethyl adjacent to an activating group) is 1. The number of carbonyl (C=O) groups excluding carboxylic acids is 1. The lowest BCUT2D eigenvalue weighted by Crippen LogP contribution is -2.27. The summed E-state index contributed by atoms with van der Waals surface area (Å²) in [6.45, 7) is 7.50. The molecule has 0 amide bonds. The molecule has 0 radical (unpaired) electrons. The minimum Gasteiger partial charge on any atom is -0.306 e. The molecular formula is C20H39NO. The SMILES string of the molecule is CCCCCCC(C)(CCCCCC)C(=O)/C=C/CN(C)C. The molecule has 130 valence electrons. The highest BCUT2D eigenvalue weighted by atomic mass is 16.1. The average Bonchev–Trinajstić information content (AvgIpc) is 2.48. The largest absolute Gasteiger partial charge is 0.306 e. The van der Waals surface area contributed by atoms with Crippen LogP contribution >= 0.6 is 0 Å². The highest BCUT2D eigenvalue weighted by Gasteiger charge is 2.29. The molecule has 0 atom stereocenters. The van der Waals surface area contributed by atoms with Gasteiger partial charge in [-0.15, -0.1) is 0 Å². The first-order valence-corrected chi connectivity index (χ1v) is 9.32. The van der Waals surface area contributed by atoms with Gasteiger partial charge in [-0.25, -0.2) is 0 Å². The lowest BCUT2D eigenvalue weighted by molar-refractivity contribution is -0.123. The van der Waals surface area contributed by atoms with Crippen molar-refractivity contribution in [2.75, 3.05) is 20.6 Å². The van der Waals surface area contributed by atoms with Crippen LogP contribution in [0.4, 0.5) is 0 Å². The van der Waals surface area contributed by atoms with Gasteiger partial charge in [-0.1, -0.05) is 78.2 Å². The Morgan fingerprint density at radius 2 is 1.41 bits per heavy atom. The van der Waals surface area contributed by atoms with Gasteiger partial charge in [-0.2, -0.15) is 0 Å². The maximum Gasteiger partial charge on any atom is 0.161 e. The van der Waals surface area contributed by atoms with E-state index < -0.39 is 0 Å². The molecule has 0 aliphatic heterocycles. The van der Waals surface area contributed by atoms with E-state index in [-0.39, 0.29) is 5.41 Å². The molecular weight excluding hydrogens is 270 g/mol. The van der Waals surface area contributed by atoms with Crippen LogP contribution in [-0.4, -0.2) is 31.3 Å². The normalized spacial score (nSPS) is 12.5. The van der Waals surface area contributed by atoms with Crippen molar-refractivity contribution in [2.24, 2.45) is 5.41 Å². The molecule has 0 aromatic rings.